The zero-order valence-electron chi connectivity index (χ0n) is 21.1. The Labute approximate surface area is 223 Å². The van der Waals surface area contributed by atoms with Crippen molar-refractivity contribution < 1.29 is 14.6 Å². The lowest BCUT2D eigenvalue weighted by Gasteiger charge is -2.45. The summed E-state index contributed by atoms with van der Waals surface area (Å²) in [6.45, 7) is 5.73. The van der Waals surface area contributed by atoms with Crippen LogP contribution in [0.3, 0.4) is 0 Å². The van der Waals surface area contributed by atoms with Crippen LogP contribution in [0.25, 0.3) is 0 Å². The maximum absolute atomic E-state index is 10.9. The van der Waals surface area contributed by atoms with E-state index in [1.165, 1.54) is 5.56 Å². The van der Waals surface area contributed by atoms with Gasteiger partial charge < -0.3 is 19.5 Å². The van der Waals surface area contributed by atoms with Crippen LogP contribution in [-0.2, 0) is 16.0 Å². The summed E-state index contributed by atoms with van der Waals surface area (Å²) in [7, 11) is 0. The van der Waals surface area contributed by atoms with Crippen molar-refractivity contribution in [3.63, 3.8) is 0 Å². The van der Waals surface area contributed by atoms with Crippen molar-refractivity contribution in [3.8, 4) is 6.07 Å². The van der Waals surface area contributed by atoms with E-state index in [1.807, 2.05) is 30.3 Å². The highest BCUT2D eigenvalue weighted by Crippen LogP contribution is 2.35. The maximum atomic E-state index is 10.9. The molecule has 1 fully saturated rings. The molecule has 1 saturated heterocycles. The second-order valence-electron chi connectivity index (χ2n) is 9.52. The molecule has 1 aromatic carbocycles. The molecule has 4 rings (SSSR count). The maximum Gasteiger partial charge on any atom is 0.125 e. The summed E-state index contributed by atoms with van der Waals surface area (Å²) in [5, 5.41) is 19.7. The Morgan fingerprint density at radius 3 is 2.84 bits per heavy atom. The third-order valence-electron chi connectivity index (χ3n) is 6.98. The van der Waals surface area contributed by atoms with Gasteiger partial charge in [-0.2, -0.15) is 5.26 Å². The lowest BCUT2D eigenvalue weighted by Crippen LogP contribution is -2.49. The second-order valence-corrected chi connectivity index (χ2v) is 9.96. The largest absolute Gasteiger partial charge is 0.394 e. The zero-order valence-corrected chi connectivity index (χ0v) is 21.8. The molecule has 1 aliphatic heterocycles. The predicted octanol–water partition coefficient (Wildman–Crippen LogP) is 4.05. The number of benzene rings is 1. The van der Waals surface area contributed by atoms with E-state index in [4.69, 9.17) is 21.4 Å². The first-order valence-corrected chi connectivity index (χ1v) is 13.1. The van der Waals surface area contributed by atoms with Gasteiger partial charge in [-0.1, -0.05) is 36.7 Å². The fraction of sp³-hybridized carbons (Fsp3) is 0.414. The van der Waals surface area contributed by atoms with E-state index in [1.54, 1.807) is 6.20 Å². The van der Waals surface area contributed by atoms with Crippen molar-refractivity contribution >= 4 is 17.9 Å². The molecule has 2 aromatic rings. The van der Waals surface area contributed by atoms with Gasteiger partial charge in [0.25, 0.3) is 0 Å². The summed E-state index contributed by atoms with van der Waals surface area (Å²) in [5.74, 6) is 0.277. The van der Waals surface area contributed by atoms with E-state index < -0.39 is 0 Å². The van der Waals surface area contributed by atoms with Crippen molar-refractivity contribution in [2.45, 2.75) is 37.8 Å². The Morgan fingerprint density at radius 2 is 2.11 bits per heavy atom. The fourth-order valence-corrected chi connectivity index (χ4v) is 5.25. The number of pyridine rings is 1. The van der Waals surface area contributed by atoms with Gasteiger partial charge in [0.15, 0.2) is 0 Å². The average Bonchev–Trinajstić information content (AvgIpc) is 2.92. The minimum atomic E-state index is -0.203. The molecule has 1 aliphatic carbocycles. The molecule has 37 heavy (non-hydrogen) atoms. The fourth-order valence-electron chi connectivity index (χ4n) is 5.12. The number of halogens is 1. The number of allylic oxidation sites excluding steroid dienone is 1. The number of hydrogen-bond donors (Lipinski definition) is 1. The van der Waals surface area contributed by atoms with Gasteiger partial charge in [0.2, 0.25) is 0 Å². The van der Waals surface area contributed by atoms with Crippen LogP contribution in [0.4, 0.5) is 0 Å². The average molecular weight is 521 g/mol. The van der Waals surface area contributed by atoms with Gasteiger partial charge in [-0.25, -0.2) is 0 Å². The van der Waals surface area contributed by atoms with Crippen LogP contribution in [0, 0.1) is 11.3 Å². The Bertz CT molecular complexity index is 1170. The van der Waals surface area contributed by atoms with Gasteiger partial charge in [-0.3, -0.25) is 9.88 Å². The van der Waals surface area contributed by atoms with Crippen LogP contribution >= 0.6 is 11.6 Å². The molecule has 2 heterocycles. The summed E-state index contributed by atoms with van der Waals surface area (Å²) in [5.41, 5.74) is 4.66. The molecular formula is C29H33ClN4O3. The first-order valence-electron chi connectivity index (χ1n) is 12.7. The lowest BCUT2D eigenvalue weighted by atomic mass is 9.94. The number of hydrogen-bond acceptors (Lipinski definition) is 7. The number of nitriles is 1. The van der Waals surface area contributed by atoms with E-state index in [-0.39, 0.29) is 31.3 Å². The predicted molar refractivity (Wildman–Crippen MR) is 143 cm³/mol. The standard InChI is InChI=1S/C29H33ClN4O3/c1-21(23-8-10-32-26(16-23)9-13-35)19-33-11-12-34(29(20-33)22-2-4-25(30)5-3-22)28-7-6-27(37-15-14-36)17-24(28)18-31/h2-5,7-8,10,13,16-17,21,27,29,36H,6,9,11-12,14-15,19-20H2,1H3/t21?,27?,29-/m0/s1. The number of carbonyl (C=O) groups excluding carboxylic acids is 1. The molecule has 0 saturated carbocycles. The molecular weight excluding hydrogens is 488 g/mol. The summed E-state index contributed by atoms with van der Waals surface area (Å²) < 4.78 is 5.66. The summed E-state index contributed by atoms with van der Waals surface area (Å²) in [6.07, 6.45) is 7.42. The number of carbonyl (C=O) groups is 1. The van der Waals surface area contributed by atoms with Gasteiger partial charge in [0.05, 0.1) is 36.6 Å². The van der Waals surface area contributed by atoms with Crippen LogP contribution in [0.15, 0.2) is 66.0 Å². The van der Waals surface area contributed by atoms with Crippen LogP contribution in [0.1, 0.15) is 42.1 Å². The van der Waals surface area contributed by atoms with Crippen LogP contribution in [0.5, 0.6) is 0 Å². The molecule has 2 unspecified atom stereocenters. The van der Waals surface area contributed by atoms with Crippen LogP contribution in [0.2, 0.25) is 5.02 Å². The SMILES string of the molecule is CC(CN1CCN(C2=CCC(OCCO)C=C2C#N)[C@H](c2ccc(Cl)cc2)C1)c1ccnc(CC=O)c1. The normalized spacial score (nSPS) is 21.1. The van der Waals surface area contributed by atoms with Crippen LogP contribution < -0.4 is 0 Å². The molecule has 0 radical (unpaired) electrons. The highest BCUT2D eigenvalue weighted by atomic mass is 35.5. The van der Waals surface area contributed by atoms with E-state index in [9.17, 15) is 10.1 Å². The van der Waals surface area contributed by atoms with E-state index in [0.717, 1.165) is 49.4 Å². The number of aromatic nitrogens is 1. The number of nitrogens with zero attached hydrogens (tertiary/aromatic N) is 4. The molecule has 1 N–H and O–H groups in total. The third-order valence-corrected chi connectivity index (χ3v) is 7.23. The van der Waals surface area contributed by atoms with Crippen molar-refractivity contribution in [1.29, 1.82) is 5.26 Å². The summed E-state index contributed by atoms with van der Waals surface area (Å²) in [4.78, 5) is 20.0. The van der Waals surface area contributed by atoms with Crippen LogP contribution in [-0.4, -0.2) is 71.7 Å². The smallest absolute Gasteiger partial charge is 0.125 e. The lowest BCUT2D eigenvalue weighted by molar-refractivity contribution is -0.107. The van der Waals surface area contributed by atoms with Crippen molar-refractivity contribution in [1.82, 2.24) is 14.8 Å². The zero-order chi connectivity index (χ0) is 26.2. The Hall–Kier alpha value is -3.02. The summed E-state index contributed by atoms with van der Waals surface area (Å²) in [6, 6.07) is 14.4. The number of piperazine rings is 1. The highest BCUT2D eigenvalue weighted by molar-refractivity contribution is 6.30. The van der Waals surface area contributed by atoms with Crippen molar-refractivity contribution in [3.05, 3.63) is 87.9 Å². The number of aliphatic hydroxyl groups is 1. The number of aldehydes is 1. The quantitative estimate of drug-likeness (QED) is 0.472. The Balaban J connectivity index is 1.54. The van der Waals surface area contributed by atoms with E-state index >= 15 is 0 Å². The summed E-state index contributed by atoms with van der Waals surface area (Å²) >= 11 is 6.19. The highest BCUT2D eigenvalue weighted by Gasteiger charge is 2.33. The van der Waals surface area contributed by atoms with Gasteiger partial charge in [0.1, 0.15) is 12.4 Å². The van der Waals surface area contributed by atoms with Crippen molar-refractivity contribution in [2.24, 2.45) is 0 Å². The molecule has 0 spiro atoms. The van der Waals surface area contributed by atoms with Gasteiger partial charge in [-0.15, -0.1) is 0 Å². The number of rotatable bonds is 10. The third kappa shape index (κ3) is 6.85. The molecule has 194 valence electrons. The van der Waals surface area contributed by atoms with E-state index in [2.05, 4.69) is 46.0 Å². The topological polar surface area (TPSA) is 89.7 Å². The van der Waals surface area contributed by atoms with Gasteiger partial charge in [-0.05, 0) is 53.8 Å². The second kappa shape index (κ2) is 13.0. The molecule has 2 aliphatic rings. The monoisotopic (exact) mass is 520 g/mol. The Morgan fingerprint density at radius 1 is 1.30 bits per heavy atom. The molecule has 1 aromatic heterocycles. The Kier molecular flexibility index (Phi) is 9.48. The minimum Gasteiger partial charge on any atom is -0.394 e. The van der Waals surface area contributed by atoms with E-state index in [0.29, 0.717) is 23.4 Å². The first-order chi connectivity index (χ1) is 18.0. The number of ether oxygens (including phenoxy) is 1. The van der Waals surface area contributed by atoms with Gasteiger partial charge in [0, 0.05) is 49.5 Å². The number of aliphatic hydroxyl groups excluding tert-OH is 1. The molecule has 3 atom stereocenters. The molecule has 8 heteroatoms. The molecule has 0 amide bonds. The molecule has 7 nitrogen and oxygen atoms in total. The molecule has 0 bridgehead atoms. The van der Waals surface area contributed by atoms with Crippen molar-refractivity contribution in [2.75, 3.05) is 39.4 Å². The minimum absolute atomic E-state index is 0.0419. The van der Waals surface area contributed by atoms with Gasteiger partial charge >= 0.3 is 0 Å². The first kappa shape index (κ1) is 27.0.